The second-order valence-corrected chi connectivity index (χ2v) is 7.38. The lowest BCUT2D eigenvalue weighted by molar-refractivity contribution is -0.115. The van der Waals surface area contributed by atoms with Gasteiger partial charge < -0.3 is 5.32 Å². The number of nitriles is 1. The largest absolute Gasteiger partial charge is 0.325 e. The van der Waals surface area contributed by atoms with E-state index in [1.54, 1.807) is 36.0 Å². The fourth-order valence-corrected chi connectivity index (χ4v) is 3.69. The third-order valence-electron chi connectivity index (χ3n) is 4.22. The number of carbonyl (C=O) groups is 1. The third kappa shape index (κ3) is 3.98. The minimum absolute atomic E-state index is 0.0620. The quantitative estimate of drug-likeness (QED) is 0.806. The first-order chi connectivity index (χ1) is 11.3. The summed E-state index contributed by atoms with van der Waals surface area (Å²) in [4.78, 5) is 13.7. The van der Waals surface area contributed by atoms with Crippen LogP contribution in [0.15, 0.2) is 35.2 Å². The van der Waals surface area contributed by atoms with E-state index in [0.29, 0.717) is 11.3 Å². The van der Waals surface area contributed by atoms with Gasteiger partial charge in [-0.05, 0) is 75.1 Å². The summed E-state index contributed by atoms with van der Waals surface area (Å²) in [5, 5.41) is 11.6. The predicted molar refractivity (Wildman–Crippen MR) is 100 cm³/mol. The molecule has 2 rings (SSSR count). The van der Waals surface area contributed by atoms with Crippen LogP contribution in [-0.2, 0) is 4.79 Å². The summed E-state index contributed by atoms with van der Waals surface area (Å²) < 4.78 is 0. The summed E-state index contributed by atoms with van der Waals surface area (Å²) in [6.45, 7) is 10.3. The average molecular weight is 338 g/mol. The molecule has 0 saturated heterocycles. The van der Waals surface area contributed by atoms with Crippen LogP contribution in [0.3, 0.4) is 0 Å². The van der Waals surface area contributed by atoms with Crippen molar-refractivity contribution in [2.75, 3.05) is 5.32 Å². The molecule has 0 unspecified atom stereocenters. The first-order valence-electron chi connectivity index (χ1n) is 7.88. The van der Waals surface area contributed by atoms with Crippen LogP contribution in [0.1, 0.15) is 34.7 Å². The van der Waals surface area contributed by atoms with E-state index >= 15 is 0 Å². The van der Waals surface area contributed by atoms with Gasteiger partial charge >= 0.3 is 0 Å². The molecule has 1 atom stereocenters. The van der Waals surface area contributed by atoms with Gasteiger partial charge in [-0.3, -0.25) is 4.79 Å². The highest BCUT2D eigenvalue weighted by Gasteiger charge is 2.18. The fraction of sp³-hybridized carbons (Fsp3) is 0.300. The van der Waals surface area contributed by atoms with E-state index in [0.717, 1.165) is 0 Å². The lowest BCUT2D eigenvalue weighted by atomic mass is 10.0. The smallest absolute Gasteiger partial charge is 0.237 e. The summed E-state index contributed by atoms with van der Waals surface area (Å²) in [7, 11) is 0. The monoisotopic (exact) mass is 338 g/mol. The van der Waals surface area contributed by atoms with E-state index in [4.69, 9.17) is 5.26 Å². The lowest BCUT2D eigenvalue weighted by Gasteiger charge is -2.18. The number of hydrogen-bond donors (Lipinski definition) is 1. The summed E-state index contributed by atoms with van der Waals surface area (Å²) in [6.07, 6.45) is 0. The van der Waals surface area contributed by atoms with E-state index in [-0.39, 0.29) is 11.2 Å². The summed E-state index contributed by atoms with van der Waals surface area (Å²) in [6, 6.07) is 11.2. The Morgan fingerprint density at radius 3 is 2.33 bits per heavy atom. The van der Waals surface area contributed by atoms with Crippen molar-refractivity contribution in [2.24, 2.45) is 0 Å². The van der Waals surface area contributed by atoms with Crippen LogP contribution in [0.2, 0.25) is 0 Å². The molecule has 124 valence electrons. The third-order valence-corrected chi connectivity index (χ3v) is 5.64. The molecule has 0 spiro atoms. The van der Waals surface area contributed by atoms with Crippen molar-refractivity contribution >= 4 is 23.4 Å². The molecule has 0 heterocycles. The Labute approximate surface area is 148 Å². The molecule has 0 aliphatic heterocycles. The highest BCUT2D eigenvalue weighted by molar-refractivity contribution is 8.00. The second-order valence-electron chi connectivity index (χ2n) is 6.03. The maximum Gasteiger partial charge on any atom is 0.237 e. The molecule has 4 heteroatoms. The number of hydrogen-bond acceptors (Lipinski definition) is 3. The molecule has 2 aromatic rings. The molecule has 0 fully saturated rings. The Bertz CT molecular complexity index is 795. The minimum Gasteiger partial charge on any atom is -0.325 e. The minimum atomic E-state index is -0.227. The molecule has 0 aliphatic carbocycles. The van der Waals surface area contributed by atoms with Crippen LogP contribution < -0.4 is 5.32 Å². The van der Waals surface area contributed by atoms with Crippen LogP contribution >= 0.6 is 11.8 Å². The van der Waals surface area contributed by atoms with E-state index in [2.05, 4.69) is 45.1 Å². The van der Waals surface area contributed by atoms with E-state index in [1.807, 2.05) is 6.92 Å². The van der Waals surface area contributed by atoms with Gasteiger partial charge in [0.1, 0.15) is 0 Å². The van der Waals surface area contributed by atoms with E-state index in [1.165, 1.54) is 27.1 Å². The lowest BCUT2D eigenvalue weighted by Crippen LogP contribution is -2.22. The van der Waals surface area contributed by atoms with Crippen LogP contribution in [0.5, 0.6) is 0 Å². The molecule has 2 aromatic carbocycles. The molecular weight excluding hydrogens is 316 g/mol. The molecule has 3 nitrogen and oxygen atoms in total. The van der Waals surface area contributed by atoms with Crippen molar-refractivity contribution in [3.63, 3.8) is 0 Å². The molecule has 0 aromatic heterocycles. The molecule has 1 N–H and O–H groups in total. The first-order valence-corrected chi connectivity index (χ1v) is 8.76. The van der Waals surface area contributed by atoms with Crippen LogP contribution in [0.4, 0.5) is 5.69 Å². The SMILES string of the molecule is Cc1cc(C)c(C)c(S[C@@H](C)C(=O)Nc2cccc(C#N)c2)c1C. The number of anilines is 1. The van der Waals surface area contributed by atoms with Crippen molar-refractivity contribution < 1.29 is 4.79 Å². The van der Waals surface area contributed by atoms with Gasteiger partial charge in [-0.15, -0.1) is 11.8 Å². The van der Waals surface area contributed by atoms with Crippen LogP contribution in [-0.4, -0.2) is 11.2 Å². The van der Waals surface area contributed by atoms with Gasteiger partial charge in [-0.1, -0.05) is 12.1 Å². The number of benzene rings is 2. The fourth-order valence-electron chi connectivity index (χ4n) is 2.50. The second kappa shape index (κ2) is 7.55. The Morgan fingerprint density at radius 1 is 1.12 bits per heavy atom. The van der Waals surface area contributed by atoms with Gasteiger partial charge in [-0.2, -0.15) is 5.26 Å². The molecule has 0 aliphatic rings. The topological polar surface area (TPSA) is 52.9 Å². The Kier molecular flexibility index (Phi) is 5.69. The number of rotatable bonds is 4. The Hall–Kier alpha value is -2.25. The molecule has 1 amide bonds. The zero-order valence-corrected chi connectivity index (χ0v) is 15.5. The van der Waals surface area contributed by atoms with Crippen molar-refractivity contribution in [2.45, 2.75) is 44.8 Å². The van der Waals surface area contributed by atoms with Crippen molar-refractivity contribution in [1.82, 2.24) is 0 Å². The standard InChI is InChI=1S/C20H22N2OS/c1-12-9-13(2)15(4)19(14(12)3)24-16(5)20(23)22-18-8-6-7-17(10-18)11-21/h6-10,16H,1-5H3,(H,22,23)/t16-/m0/s1. The molecule has 0 radical (unpaired) electrons. The summed E-state index contributed by atoms with van der Waals surface area (Å²) >= 11 is 1.59. The number of amides is 1. The molecule has 0 saturated carbocycles. The number of nitrogens with zero attached hydrogens (tertiary/aromatic N) is 1. The molecular formula is C20H22N2OS. The maximum atomic E-state index is 12.5. The van der Waals surface area contributed by atoms with Crippen LogP contribution in [0, 0.1) is 39.0 Å². The number of aryl methyl sites for hydroxylation is 2. The molecule has 24 heavy (non-hydrogen) atoms. The van der Waals surface area contributed by atoms with Gasteiger partial charge in [0, 0.05) is 10.6 Å². The predicted octanol–water partition coefficient (Wildman–Crippen LogP) is 4.91. The van der Waals surface area contributed by atoms with Crippen LogP contribution in [0.25, 0.3) is 0 Å². The van der Waals surface area contributed by atoms with Crippen molar-refractivity contribution in [3.8, 4) is 6.07 Å². The number of nitrogens with one attached hydrogen (secondary N) is 1. The van der Waals surface area contributed by atoms with Gasteiger partial charge in [0.2, 0.25) is 5.91 Å². The summed E-state index contributed by atoms with van der Waals surface area (Å²) in [5.74, 6) is -0.0620. The average Bonchev–Trinajstić information content (AvgIpc) is 2.56. The van der Waals surface area contributed by atoms with Crippen molar-refractivity contribution in [1.29, 1.82) is 5.26 Å². The van der Waals surface area contributed by atoms with E-state index < -0.39 is 0 Å². The molecule has 0 bridgehead atoms. The highest BCUT2D eigenvalue weighted by atomic mass is 32.2. The van der Waals surface area contributed by atoms with E-state index in [9.17, 15) is 4.79 Å². The van der Waals surface area contributed by atoms with Gasteiger partial charge in [0.25, 0.3) is 0 Å². The van der Waals surface area contributed by atoms with Gasteiger partial charge in [0.05, 0.1) is 16.9 Å². The van der Waals surface area contributed by atoms with Crippen molar-refractivity contribution in [3.05, 3.63) is 58.1 Å². The Balaban J connectivity index is 2.17. The van der Waals surface area contributed by atoms with Gasteiger partial charge in [-0.25, -0.2) is 0 Å². The number of carbonyl (C=O) groups excluding carboxylic acids is 1. The number of thioether (sulfide) groups is 1. The Morgan fingerprint density at radius 2 is 1.75 bits per heavy atom. The zero-order valence-electron chi connectivity index (χ0n) is 14.7. The highest BCUT2D eigenvalue weighted by Crippen LogP contribution is 2.33. The zero-order chi connectivity index (χ0) is 17.9. The normalized spacial score (nSPS) is 11.7. The maximum absolute atomic E-state index is 12.5. The van der Waals surface area contributed by atoms with Gasteiger partial charge in [0.15, 0.2) is 0 Å². The summed E-state index contributed by atoms with van der Waals surface area (Å²) in [5.41, 5.74) is 6.14. The first kappa shape index (κ1) is 18.1.